The lowest BCUT2D eigenvalue weighted by Crippen LogP contribution is -2.16. The fraction of sp³-hybridized carbons (Fsp3) is 1.00. The van der Waals surface area contributed by atoms with Crippen LogP contribution < -0.4 is 0 Å². The Morgan fingerprint density at radius 2 is 1.33 bits per heavy atom. The van der Waals surface area contributed by atoms with Crippen LogP contribution in [0, 0.1) is 35.5 Å². The fourth-order valence-corrected chi connectivity index (χ4v) is 3.72. The molecule has 5 unspecified atom stereocenters. The molecule has 5 atom stereocenters. The number of hydrogen-bond acceptors (Lipinski definition) is 0. The van der Waals surface area contributed by atoms with Crippen molar-refractivity contribution < 1.29 is 0 Å². The molecule has 0 heterocycles. The van der Waals surface area contributed by atoms with Gasteiger partial charge in [0.2, 0.25) is 0 Å². The van der Waals surface area contributed by atoms with E-state index in [-0.39, 0.29) is 0 Å². The second-order valence-electron chi connectivity index (χ2n) is 6.23. The van der Waals surface area contributed by atoms with E-state index < -0.39 is 0 Å². The standard InChI is InChI=1S/C15H30/c1-7-8-10(2)9-15-13(5)11(3)12(4)14(15)6/h10-15H,7-9H2,1-6H3. The van der Waals surface area contributed by atoms with Gasteiger partial charge in [-0.3, -0.25) is 0 Å². The first kappa shape index (κ1) is 13.1. The molecule has 1 aliphatic carbocycles. The Balaban J connectivity index is 2.54. The Morgan fingerprint density at radius 3 is 1.73 bits per heavy atom. The van der Waals surface area contributed by atoms with E-state index in [2.05, 4.69) is 41.5 Å². The summed E-state index contributed by atoms with van der Waals surface area (Å²) in [6, 6.07) is 0. The summed E-state index contributed by atoms with van der Waals surface area (Å²) in [5.74, 6) is 5.65. The third-order valence-corrected chi connectivity index (χ3v) is 5.29. The maximum atomic E-state index is 2.48. The molecule has 90 valence electrons. The van der Waals surface area contributed by atoms with E-state index in [1.54, 1.807) is 0 Å². The van der Waals surface area contributed by atoms with Gasteiger partial charge < -0.3 is 0 Å². The van der Waals surface area contributed by atoms with Crippen molar-refractivity contribution in [1.29, 1.82) is 0 Å². The second-order valence-corrected chi connectivity index (χ2v) is 6.23. The monoisotopic (exact) mass is 210 g/mol. The molecule has 0 radical (unpaired) electrons. The van der Waals surface area contributed by atoms with Gasteiger partial charge >= 0.3 is 0 Å². The zero-order valence-electron chi connectivity index (χ0n) is 11.6. The molecule has 1 rings (SSSR count). The van der Waals surface area contributed by atoms with Crippen LogP contribution in [0.15, 0.2) is 0 Å². The minimum Gasteiger partial charge on any atom is -0.0654 e. The largest absolute Gasteiger partial charge is 0.0654 e. The molecule has 0 nitrogen and oxygen atoms in total. The molecule has 0 heteroatoms. The second kappa shape index (κ2) is 5.37. The van der Waals surface area contributed by atoms with E-state index in [0.29, 0.717) is 0 Å². The highest BCUT2D eigenvalue weighted by Gasteiger charge is 2.41. The fourth-order valence-electron chi connectivity index (χ4n) is 3.72. The summed E-state index contributed by atoms with van der Waals surface area (Å²) < 4.78 is 0. The minimum atomic E-state index is 0.929. The zero-order valence-corrected chi connectivity index (χ0v) is 11.6. The molecule has 0 amide bonds. The van der Waals surface area contributed by atoms with Gasteiger partial charge in [0.1, 0.15) is 0 Å². The van der Waals surface area contributed by atoms with E-state index in [0.717, 1.165) is 35.5 Å². The smallest absolute Gasteiger partial charge is 0.0355 e. The molecule has 0 aromatic carbocycles. The van der Waals surface area contributed by atoms with Gasteiger partial charge in [0, 0.05) is 0 Å². The Hall–Kier alpha value is 0. The lowest BCUT2D eigenvalue weighted by molar-refractivity contribution is 0.253. The van der Waals surface area contributed by atoms with Crippen LogP contribution in [-0.2, 0) is 0 Å². The maximum absolute atomic E-state index is 2.48. The van der Waals surface area contributed by atoms with Crippen molar-refractivity contribution in [2.75, 3.05) is 0 Å². The maximum Gasteiger partial charge on any atom is -0.0355 e. The summed E-state index contributed by atoms with van der Waals surface area (Å²) in [4.78, 5) is 0. The van der Waals surface area contributed by atoms with Crippen LogP contribution in [0.1, 0.15) is 60.8 Å². The van der Waals surface area contributed by atoms with Gasteiger partial charge in [-0.1, -0.05) is 54.4 Å². The molecule has 1 fully saturated rings. The van der Waals surface area contributed by atoms with Gasteiger partial charge in [-0.25, -0.2) is 0 Å². The first-order valence-corrected chi connectivity index (χ1v) is 6.99. The zero-order chi connectivity index (χ0) is 11.6. The minimum absolute atomic E-state index is 0.929. The van der Waals surface area contributed by atoms with Crippen molar-refractivity contribution in [2.45, 2.75) is 60.8 Å². The van der Waals surface area contributed by atoms with E-state index in [9.17, 15) is 0 Å². The lowest BCUT2D eigenvalue weighted by atomic mass is 9.81. The van der Waals surface area contributed by atoms with Gasteiger partial charge in [0.05, 0.1) is 0 Å². The van der Waals surface area contributed by atoms with Crippen LogP contribution in [0.25, 0.3) is 0 Å². The molecule has 1 aliphatic rings. The van der Waals surface area contributed by atoms with Crippen LogP contribution in [0.5, 0.6) is 0 Å². The average molecular weight is 210 g/mol. The molecule has 0 saturated heterocycles. The van der Waals surface area contributed by atoms with Crippen molar-refractivity contribution in [1.82, 2.24) is 0 Å². The molecule has 0 aromatic rings. The quantitative estimate of drug-likeness (QED) is 0.613. The Labute approximate surface area is 96.8 Å². The summed E-state index contributed by atoms with van der Waals surface area (Å²) in [5, 5.41) is 0. The van der Waals surface area contributed by atoms with Gasteiger partial charge in [-0.2, -0.15) is 0 Å². The van der Waals surface area contributed by atoms with Crippen molar-refractivity contribution in [3.63, 3.8) is 0 Å². The highest BCUT2D eigenvalue weighted by molar-refractivity contribution is 4.89. The molecule has 1 saturated carbocycles. The van der Waals surface area contributed by atoms with Crippen molar-refractivity contribution in [3.8, 4) is 0 Å². The summed E-state index contributed by atoms with van der Waals surface area (Å²) >= 11 is 0. The predicted molar refractivity (Wildman–Crippen MR) is 68.8 cm³/mol. The van der Waals surface area contributed by atoms with Crippen molar-refractivity contribution in [2.24, 2.45) is 35.5 Å². The van der Waals surface area contributed by atoms with Gasteiger partial charge in [-0.15, -0.1) is 0 Å². The SMILES string of the molecule is CCCC(C)CC1C(C)C(C)C(C)C1C. The predicted octanol–water partition coefficient (Wildman–Crippen LogP) is 4.99. The van der Waals surface area contributed by atoms with Crippen LogP contribution in [0.3, 0.4) is 0 Å². The molecular formula is C15H30. The van der Waals surface area contributed by atoms with E-state index in [4.69, 9.17) is 0 Å². The van der Waals surface area contributed by atoms with E-state index in [1.807, 2.05) is 0 Å². The van der Waals surface area contributed by atoms with Gasteiger partial charge in [0.15, 0.2) is 0 Å². The summed E-state index contributed by atoms with van der Waals surface area (Å²) in [5.41, 5.74) is 0. The molecule has 15 heavy (non-hydrogen) atoms. The third kappa shape index (κ3) is 2.77. The third-order valence-electron chi connectivity index (χ3n) is 5.29. The highest BCUT2D eigenvalue weighted by Crippen LogP contribution is 2.48. The number of hydrogen-bond donors (Lipinski definition) is 0. The topological polar surface area (TPSA) is 0 Å². The number of rotatable bonds is 4. The molecule has 0 N–H and O–H groups in total. The summed E-state index contributed by atoms with van der Waals surface area (Å²) in [6.07, 6.45) is 4.23. The van der Waals surface area contributed by atoms with Gasteiger partial charge in [0.25, 0.3) is 0 Å². The highest BCUT2D eigenvalue weighted by atomic mass is 14.5. The van der Waals surface area contributed by atoms with Crippen LogP contribution in [-0.4, -0.2) is 0 Å². The van der Waals surface area contributed by atoms with Crippen LogP contribution in [0.2, 0.25) is 0 Å². The van der Waals surface area contributed by atoms with Crippen molar-refractivity contribution in [3.05, 3.63) is 0 Å². The van der Waals surface area contributed by atoms with Crippen LogP contribution in [0.4, 0.5) is 0 Å². The molecular weight excluding hydrogens is 180 g/mol. The Morgan fingerprint density at radius 1 is 0.867 bits per heavy atom. The molecule has 0 bridgehead atoms. The average Bonchev–Trinajstić information content (AvgIpc) is 2.36. The molecule has 0 aliphatic heterocycles. The molecule has 0 spiro atoms. The Kier molecular flexibility index (Phi) is 4.67. The molecule has 0 aromatic heterocycles. The summed E-state index contributed by atoms with van der Waals surface area (Å²) in [7, 11) is 0. The summed E-state index contributed by atoms with van der Waals surface area (Å²) in [6.45, 7) is 14.6. The van der Waals surface area contributed by atoms with Crippen LogP contribution >= 0.6 is 0 Å². The van der Waals surface area contributed by atoms with Gasteiger partial charge in [-0.05, 0) is 41.9 Å². The van der Waals surface area contributed by atoms with Crippen molar-refractivity contribution >= 4 is 0 Å². The Bertz CT molecular complexity index is 170. The van der Waals surface area contributed by atoms with E-state index in [1.165, 1.54) is 19.3 Å². The van der Waals surface area contributed by atoms with E-state index >= 15 is 0 Å². The normalized spacial score (nSPS) is 43.2. The first-order chi connectivity index (χ1) is 6.99. The lowest BCUT2D eigenvalue weighted by Gasteiger charge is -2.24. The first-order valence-electron chi connectivity index (χ1n) is 6.99.